The number of rotatable bonds is 5. The highest BCUT2D eigenvalue weighted by atomic mass is 35.5. The zero-order valence-corrected chi connectivity index (χ0v) is 20.0. The van der Waals surface area contributed by atoms with Gasteiger partial charge in [0.1, 0.15) is 11.0 Å². The topological polar surface area (TPSA) is 47.4 Å². The average molecular weight is 481 g/mol. The Hall–Kier alpha value is -1.95. The van der Waals surface area contributed by atoms with Gasteiger partial charge in [-0.25, -0.2) is 4.98 Å². The molecule has 164 valence electrons. The number of hydrogen-bond acceptors (Lipinski definition) is 4. The van der Waals surface area contributed by atoms with Crippen molar-refractivity contribution in [1.82, 2.24) is 9.55 Å². The summed E-state index contributed by atoms with van der Waals surface area (Å²) >= 11 is 19.1. The molecule has 0 N–H and O–H groups in total. The number of imidazole rings is 1. The third-order valence-electron chi connectivity index (χ3n) is 5.62. The summed E-state index contributed by atoms with van der Waals surface area (Å²) in [5.74, 6) is 0.919. The first-order valence-corrected chi connectivity index (χ1v) is 11.5. The molecular weight excluding hydrogens is 457 g/mol. The van der Waals surface area contributed by atoms with E-state index in [0.29, 0.717) is 32.3 Å². The summed E-state index contributed by atoms with van der Waals surface area (Å²) in [6.45, 7) is 7.35. The standard InChI is InChI=1S/C23H24Cl3N3O2/c1-4-10-23(2,3)21(30)31-18-9-7-15(25)19-20(18)29-12-5-11-28(22(29)27-19)17-8-6-14(24)13-16(17)26/h6-9,13H,4-5,10-12H2,1-3H3. The van der Waals surface area contributed by atoms with Crippen molar-refractivity contribution in [2.24, 2.45) is 5.41 Å². The molecule has 0 radical (unpaired) electrons. The van der Waals surface area contributed by atoms with Crippen molar-refractivity contribution in [2.45, 2.75) is 46.6 Å². The maximum Gasteiger partial charge on any atom is 0.316 e. The van der Waals surface area contributed by atoms with Crippen molar-refractivity contribution < 1.29 is 9.53 Å². The first-order chi connectivity index (χ1) is 14.7. The molecule has 0 saturated carbocycles. The number of benzene rings is 2. The van der Waals surface area contributed by atoms with Gasteiger partial charge in [-0.1, -0.05) is 48.1 Å². The molecule has 0 bridgehead atoms. The van der Waals surface area contributed by atoms with Gasteiger partial charge in [-0.2, -0.15) is 0 Å². The van der Waals surface area contributed by atoms with E-state index in [1.54, 1.807) is 24.3 Å². The fraction of sp³-hybridized carbons (Fsp3) is 0.391. The van der Waals surface area contributed by atoms with Gasteiger partial charge in [-0.05, 0) is 57.0 Å². The zero-order chi connectivity index (χ0) is 22.3. The van der Waals surface area contributed by atoms with Crippen LogP contribution in [0.3, 0.4) is 0 Å². The fourth-order valence-corrected chi connectivity index (χ4v) is 4.75. The van der Waals surface area contributed by atoms with E-state index in [0.717, 1.165) is 43.6 Å². The molecule has 5 nitrogen and oxygen atoms in total. The Labute approximate surface area is 196 Å². The summed E-state index contributed by atoms with van der Waals surface area (Å²) in [5.41, 5.74) is 1.57. The second kappa shape index (κ2) is 8.53. The lowest BCUT2D eigenvalue weighted by atomic mass is 9.88. The molecule has 0 fully saturated rings. The van der Waals surface area contributed by atoms with E-state index in [-0.39, 0.29) is 5.97 Å². The van der Waals surface area contributed by atoms with Crippen LogP contribution in [0, 0.1) is 5.41 Å². The summed E-state index contributed by atoms with van der Waals surface area (Å²) in [6, 6.07) is 8.87. The normalized spacial score (nSPS) is 14.1. The van der Waals surface area contributed by atoms with Crippen LogP contribution in [0.5, 0.6) is 5.75 Å². The molecule has 2 aromatic carbocycles. The first kappa shape index (κ1) is 22.3. The second-order valence-electron chi connectivity index (χ2n) is 8.43. The molecular formula is C23H24Cl3N3O2. The van der Waals surface area contributed by atoms with Gasteiger partial charge in [0.25, 0.3) is 0 Å². The van der Waals surface area contributed by atoms with Crippen LogP contribution in [-0.4, -0.2) is 22.1 Å². The minimum Gasteiger partial charge on any atom is -0.424 e. The van der Waals surface area contributed by atoms with Crippen molar-refractivity contribution in [2.75, 3.05) is 11.4 Å². The van der Waals surface area contributed by atoms with Gasteiger partial charge < -0.3 is 14.2 Å². The molecule has 0 saturated heterocycles. The number of carbonyl (C=O) groups is 1. The fourth-order valence-electron chi connectivity index (χ4n) is 4.04. The third kappa shape index (κ3) is 4.11. The number of nitrogens with zero attached hydrogens (tertiary/aromatic N) is 3. The largest absolute Gasteiger partial charge is 0.424 e. The Morgan fingerprint density at radius 2 is 1.90 bits per heavy atom. The molecule has 2 heterocycles. The van der Waals surface area contributed by atoms with Gasteiger partial charge in [-0.3, -0.25) is 4.79 Å². The SMILES string of the molecule is CCCC(C)(C)C(=O)Oc1ccc(Cl)c2nc3n(c12)CCCN3c1ccc(Cl)cc1Cl. The van der Waals surface area contributed by atoms with Gasteiger partial charge >= 0.3 is 5.97 Å². The van der Waals surface area contributed by atoms with Crippen molar-refractivity contribution in [3.63, 3.8) is 0 Å². The number of ether oxygens (including phenoxy) is 1. The molecule has 0 amide bonds. The van der Waals surface area contributed by atoms with Gasteiger partial charge in [0, 0.05) is 18.1 Å². The van der Waals surface area contributed by atoms with E-state index in [2.05, 4.69) is 6.92 Å². The predicted octanol–water partition coefficient (Wildman–Crippen LogP) is 7.27. The maximum atomic E-state index is 12.9. The van der Waals surface area contributed by atoms with E-state index in [9.17, 15) is 4.79 Å². The molecule has 0 unspecified atom stereocenters. The van der Waals surface area contributed by atoms with Crippen LogP contribution in [0.2, 0.25) is 15.1 Å². The molecule has 1 aliphatic heterocycles. The lowest BCUT2D eigenvalue weighted by Crippen LogP contribution is -2.30. The van der Waals surface area contributed by atoms with Crippen molar-refractivity contribution in [3.8, 4) is 5.75 Å². The minimum atomic E-state index is -0.575. The second-order valence-corrected chi connectivity index (χ2v) is 9.68. The summed E-state index contributed by atoms with van der Waals surface area (Å²) in [7, 11) is 0. The monoisotopic (exact) mass is 479 g/mol. The summed E-state index contributed by atoms with van der Waals surface area (Å²) < 4.78 is 7.93. The summed E-state index contributed by atoms with van der Waals surface area (Å²) in [5, 5.41) is 1.63. The molecule has 31 heavy (non-hydrogen) atoms. The van der Waals surface area contributed by atoms with Crippen LogP contribution >= 0.6 is 34.8 Å². The van der Waals surface area contributed by atoms with E-state index in [1.807, 2.05) is 29.4 Å². The Morgan fingerprint density at radius 1 is 1.13 bits per heavy atom. The molecule has 4 rings (SSSR count). The smallest absolute Gasteiger partial charge is 0.316 e. The number of esters is 1. The molecule has 0 spiro atoms. The van der Waals surface area contributed by atoms with Crippen molar-refractivity contribution in [3.05, 3.63) is 45.4 Å². The van der Waals surface area contributed by atoms with Gasteiger partial charge in [-0.15, -0.1) is 0 Å². The lowest BCUT2D eigenvalue weighted by molar-refractivity contribution is -0.144. The summed E-state index contributed by atoms with van der Waals surface area (Å²) in [6.07, 6.45) is 2.52. The number of carbonyl (C=O) groups excluding carboxylic acids is 1. The van der Waals surface area contributed by atoms with Crippen LogP contribution in [-0.2, 0) is 11.3 Å². The molecule has 8 heteroatoms. The highest BCUT2D eigenvalue weighted by Crippen LogP contribution is 2.41. The van der Waals surface area contributed by atoms with E-state index >= 15 is 0 Å². The molecule has 1 aromatic heterocycles. The number of aryl methyl sites for hydroxylation is 1. The molecule has 0 aliphatic carbocycles. The highest BCUT2D eigenvalue weighted by Gasteiger charge is 2.31. The molecule has 1 aliphatic rings. The highest BCUT2D eigenvalue weighted by molar-refractivity contribution is 6.36. The summed E-state index contributed by atoms with van der Waals surface area (Å²) in [4.78, 5) is 19.7. The van der Waals surface area contributed by atoms with Gasteiger partial charge in [0.2, 0.25) is 5.95 Å². The van der Waals surface area contributed by atoms with Crippen molar-refractivity contribution >= 4 is 63.4 Å². The van der Waals surface area contributed by atoms with Crippen molar-refractivity contribution in [1.29, 1.82) is 0 Å². The number of hydrogen-bond donors (Lipinski definition) is 0. The van der Waals surface area contributed by atoms with Crippen LogP contribution < -0.4 is 9.64 Å². The molecule has 0 atom stereocenters. The third-order valence-corrected chi connectivity index (χ3v) is 6.47. The van der Waals surface area contributed by atoms with Crippen LogP contribution in [0.4, 0.5) is 11.6 Å². The quantitative estimate of drug-likeness (QED) is 0.284. The maximum absolute atomic E-state index is 12.9. The van der Waals surface area contributed by atoms with E-state index in [4.69, 9.17) is 44.5 Å². The van der Waals surface area contributed by atoms with Gasteiger partial charge in [0.15, 0.2) is 5.75 Å². The number of fused-ring (bicyclic) bond motifs is 3. The number of aromatic nitrogens is 2. The predicted molar refractivity (Wildman–Crippen MR) is 127 cm³/mol. The van der Waals surface area contributed by atoms with Gasteiger partial charge in [0.05, 0.1) is 21.1 Å². The Balaban J connectivity index is 1.82. The molecule has 3 aromatic rings. The first-order valence-electron chi connectivity index (χ1n) is 10.4. The lowest BCUT2D eigenvalue weighted by Gasteiger charge is -2.30. The van der Waals surface area contributed by atoms with E-state index < -0.39 is 5.41 Å². The Kier molecular flexibility index (Phi) is 6.12. The van der Waals surface area contributed by atoms with E-state index in [1.165, 1.54) is 0 Å². The van der Waals surface area contributed by atoms with Crippen LogP contribution in [0.1, 0.15) is 40.0 Å². The number of halogens is 3. The zero-order valence-electron chi connectivity index (χ0n) is 17.7. The van der Waals surface area contributed by atoms with Crippen LogP contribution in [0.15, 0.2) is 30.3 Å². The Morgan fingerprint density at radius 3 is 2.61 bits per heavy atom. The minimum absolute atomic E-state index is 0.262. The number of anilines is 2. The van der Waals surface area contributed by atoms with Crippen LogP contribution in [0.25, 0.3) is 11.0 Å². The Bertz CT molecular complexity index is 1160. The average Bonchev–Trinajstić information content (AvgIpc) is 3.11.